The maximum Gasteiger partial charge on any atom is 0.0937 e. The zero-order chi connectivity index (χ0) is 41.3. The number of rotatable bonds is 1. The summed E-state index contributed by atoms with van der Waals surface area (Å²) in [5.41, 5.74) is 26.6. The summed E-state index contributed by atoms with van der Waals surface area (Å²) >= 11 is 0. The Kier molecular flexibility index (Phi) is 6.35. The van der Waals surface area contributed by atoms with E-state index in [1.54, 1.807) is 0 Å². The average molecular weight is 791 g/mol. The van der Waals surface area contributed by atoms with Crippen molar-refractivity contribution in [2.45, 2.75) is 49.4 Å². The van der Waals surface area contributed by atoms with Crippen molar-refractivity contribution in [3.63, 3.8) is 0 Å². The van der Waals surface area contributed by atoms with Crippen molar-refractivity contribution in [3.8, 4) is 55.9 Å². The minimum absolute atomic E-state index is 0.102. The van der Waals surface area contributed by atoms with Crippen LogP contribution >= 0.6 is 0 Å². The van der Waals surface area contributed by atoms with Gasteiger partial charge in [-0.25, -0.2) is 0 Å². The van der Waals surface area contributed by atoms with E-state index in [1.807, 2.05) is 6.20 Å². The molecule has 0 radical (unpaired) electrons. The molecule has 14 rings (SSSR count). The summed E-state index contributed by atoms with van der Waals surface area (Å²) in [6.07, 6.45) is 4.03. The van der Waals surface area contributed by atoms with E-state index in [4.69, 9.17) is 9.97 Å². The third-order valence-corrected chi connectivity index (χ3v) is 15.9. The molecule has 2 heterocycles. The number of aromatic nitrogens is 2. The molecule has 0 bridgehead atoms. The molecule has 62 heavy (non-hydrogen) atoms. The molecule has 5 aliphatic rings. The Balaban J connectivity index is 1.08. The van der Waals surface area contributed by atoms with Crippen LogP contribution in [0.3, 0.4) is 0 Å². The molecule has 2 nitrogen and oxygen atoms in total. The van der Waals surface area contributed by atoms with Gasteiger partial charge in [0, 0.05) is 34.4 Å². The fraction of sp³-hybridized carbons (Fsp3) is 0.133. The number of hydrogen-bond acceptors (Lipinski definition) is 2. The van der Waals surface area contributed by atoms with Gasteiger partial charge in [0.1, 0.15) is 0 Å². The molecule has 7 aromatic carbocycles. The van der Waals surface area contributed by atoms with Crippen LogP contribution in [0.1, 0.15) is 94.5 Å². The number of hydrogen-bond donors (Lipinski definition) is 0. The highest BCUT2D eigenvalue weighted by Gasteiger charge is 2.58. The molecule has 5 aliphatic carbocycles. The molecule has 2 aromatic heterocycles. The van der Waals surface area contributed by atoms with Gasteiger partial charge in [-0.2, -0.15) is 0 Å². The maximum absolute atomic E-state index is 5.43. The SMILES string of the molecule is CC1(C)c2ccccc2-c2ccc(-c3cnc4c(c3)C3(c5ccccc5C(C)(C)c5cc6c(cc53)-c3ccccc3C63c5ccccc5-c5ccccc53)c3cccnc3-4)cc21. The number of pyridine rings is 2. The molecular weight excluding hydrogens is 749 g/mol. The smallest absolute Gasteiger partial charge is 0.0937 e. The molecule has 0 saturated carbocycles. The predicted molar refractivity (Wildman–Crippen MR) is 251 cm³/mol. The second kappa shape index (κ2) is 11.4. The Labute approximate surface area is 362 Å². The van der Waals surface area contributed by atoms with Gasteiger partial charge in [-0.15, -0.1) is 0 Å². The lowest BCUT2D eigenvalue weighted by atomic mass is 9.55. The van der Waals surface area contributed by atoms with E-state index in [-0.39, 0.29) is 10.8 Å². The minimum atomic E-state index is -0.652. The zero-order valence-corrected chi connectivity index (χ0v) is 35.2. The van der Waals surface area contributed by atoms with Gasteiger partial charge in [0.15, 0.2) is 0 Å². The number of nitrogens with zero attached hydrogens (tertiary/aromatic N) is 2. The Morgan fingerprint density at radius 1 is 0.290 bits per heavy atom. The summed E-state index contributed by atoms with van der Waals surface area (Å²) < 4.78 is 0. The highest BCUT2D eigenvalue weighted by Crippen LogP contribution is 2.67. The molecule has 2 spiro atoms. The van der Waals surface area contributed by atoms with Gasteiger partial charge < -0.3 is 0 Å². The number of fused-ring (bicyclic) bond motifs is 22. The van der Waals surface area contributed by atoms with Crippen LogP contribution < -0.4 is 0 Å². The van der Waals surface area contributed by atoms with E-state index < -0.39 is 10.8 Å². The maximum atomic E-state index is 5.43. The Morgan fingerprint density at radius 2 is 0.774 bits per heavy atom. The van der Waals surface area contributed by atoms with E-state index in [9.17, 15) is 0 Å². The molecule has 2 heteroatoms. The van der Waals surface area contributed by atoms with Crippen molar-refractivity contribution >= 4 is 0 Å². The second-order valence-corrected chi connectivity index (χ2v) is 19.2. The van der Waals surface area contributed by atoms with Gasteiger partial charge in [0.2, 0.25) is 0 Å². The quantitative estimate of drug-likeness (QED) is 0.165. The van der Waals surface area contributed by atoms with Gasteiger partial charge in [-0.05, 0) is 124 Å². The van der Waals surface area contributed by atoms with Gasteiger partial charge in [-0.1, -0.05) is 173 Å². The van der Waals surface area contributed by atoms with Gasteiger partial charge in [0.25, 0.3) is 0 Å². The standard InChI is InChI=1S/C60H42N2/c1-57(2)43-20-9-5-16-37(43)41-28-27-35(30-50(41)57)36-31-54-56(62-34-36)55-49(26-15-29-61-55)60(54)48-25-14-13-24-47(48)58(3,4)52-33-51-42(32-53(52)60)40-19-8-12-23-46(40)59(51)44-21-10-6-17-38(44)39-18-7-11-22-45(39)59/h5-34H,1-4H3. The first-order chi connectivity index (χ1) is 30.3. The largest absolute Gasteiger partial charge is 0.254 e. The zero-order valence-electron chi connectivity index (χ0n) is 35.2. The predicted octanol–water partition coefficient (Wildman–Crippen LogP) is 13.8. The lowest BCUT2D eigenvalue weighted by molar-refractivity contribution is 0.561. The molecule has 0 aliphatic heterocycles. The van der Waals surface area contributed by atoms with Crippen molar-refractivity contribution in [1.82, 2.24) is 9.97 Å². The lowest BCUT2D eigenvalue weighted by Gasteiger charge is -2.47. The van der Waals surface area contributed by atoms with E-state index in [0.717, 1.165) is 17.0 Å². The second-order valence-electron chi connectivity index (χ2n) is 19.2. The van der Waals surface area contributed by atoms with Crippen LogP contribution in [-0.4, -0.2) is 9.97 Å². The first-order valence-corrected chi connectivity index (χ1v) is 22.1. The molecule has 0 saturated heterocycles. The summed E-state index contributed by atoms with van der Waals surface area (Å²) in [7, 11) is 0. The summed E-state index contributed by atoms with van der Waals surface area (Å²) in [6.45, 7) is 9.60. The minimum Gasteiger partial charge on any atom is -0.254 e. The van der Waals surface area contributed by atoms with E-state index in [0.29, 0.717) is 0 Å². The van der Waals surface area contributed by atoms with Crippen LogP contribution in [0.4, 0.5) is 0 Å². The molecule has 0 N–H and O–H groups in total. The van der Waals surface area contributed by atoms with Crippen molar-refractivity contribution in [2.75, 3.05) is 0 Å². The molecule has 1 atom stereocenters. The van der Waals surface area contributed by atoms with Crippen molar-refractivity contribution < 1.29 is 0 Å². The summed E-state index contributed by atoms with van der Waals surface area (Å²) in [5, 5.41) is 0. The molecular formula is C60H42N2. The summed E-state index contributed by atoms with van der Waals surface area (Å²) in [5.74, 6) is 0. The highest BCUT2D eigenvalue weighted by atomic mass is 14.8. The normalized spacial score (nSPS) is 18.5. The third-order valence-electron chi connectivity index (χ3n) is 15.9. The molecule has 0 fully saturated rings. The van der Waals surface area contributed by atoms with E-state index >= 15 is 0 Å². The average Bonchev–Trinajstić information content (AvgIpc) is 3.96. The molecule has 0 amide bonds. The van der Waals surface area contributed by atoms with Crippen molar-refractivity contribution in [3.05, 3.63) is 249 Å². The van der Waals surface area contributed by atoms with Crippen LogP contribution in [0, 0.1) is 0 Å². The summed E-state index contributed by atoms with van der Waals surface area (Å²) in [6, 6.07) is 64.8. The lowest BCUT2D eigenvalue weighted by Crippen LogP contribution is -2.41. The van der Waals surface area contributed by atoms with Crippen LogP contribution in [0.15, 0.2) is 182 Å². The summed E-state index contributed by atoms with van der Waals surface area (Å²) in [4.78, 5) is 10.6. The highest BCUT2D eigenvalue weighted by molar-refractivity contribution is 5.97. The van der Waals surface area contributed by atoms with Crippen molar-refractivity contribution in [2.24, 2.45) is 0 Å². The van der Waals surface area contributed by atoms with Gasteiger partial charge in [-0.3, -0.25) is 9.97 Å². The van der Waals surface area contributed by atoms with Crippen LogP contribution in [0.25, 0.3) is 55.9 Å². The fourth-order valence-electron chi connectivity index (χ4n) is 13.2. The Bertz CT molecular complexity index is 3450. The van der Waals surface area contributed by atoms with Gasteiger partial charge >= 0.3 is 0 Å². The Morgan fingerprint density at radius 3 is 1.45 bits per heavy atom. The first-order valence-electron chi connectivity index (χ1n) is 22.1. The molecule has 292 valence electrons. The topological polar surface area (TPSA) is 25.8 Å². The molecule has 9 aromatic rings. The fourth-order valence-corrected chi connectivity index (χ4v) is 13.2. The van der Waals surface area contributed by atoms with E-state index in [1.165, 1.54) is 106 Å². The van der Waals surface area contributed by atoms with E-state index in [2.05, 4.69) is 204 Å². The van der Waals surface area contributed by atoms with Crippen LogP contribution in [0.5, 0.6) is 0 Å². The monoisotopic (exact) mass is 790 g/mol. The molecule has 1 unspecified atom stereocenters. The van der Waals surface area contributed by atoms with Crippen LogP contribution in [-0.2, 0) is 21.7 Å². The number of benzene rings is 7. The first kappa shape index (κ1) is 34.5. The van der Waals surface area contributed by atoms with Gasteiger partial charge in [0.05, 0.1) is 22.2 Å². The third kappa shape index (κ3) is 3.82. The van der Waals surface area contributed by atoms with Crippen LogP contribution in [0.2, 0.25) is 0 Å². The van der Waals surface area contributed by atoms with Crippen molar-refractivity contribution in [1.29, 1.82) is 0 Å². The Hall–Kier alpha value is -7.16.